The van der Waals surface area contributed by atoms with Gasteiger partial charge in [0.2, 0.25) is 5.91 Å². The van der Waals surface area contributed by atoms with Crippen molar-refractivity contribution < 1.29 is 17.8 Å². The molecule has 0 aliphatic carbocycles. The summed E-state index contributed by atoms with van der Waals surface area (Å²) >= 11 is 0. The van der Waals surface area contributed by atoms with Gasteiger partial charge in [-0.1, -0.05) is 13.5 Å². The SMILES string of the molecule is C=CC(N)=O.CCC(CN)S(=O)(=O)O. The number of primary amides is 1. The van der Waals surface area contributed by atoms with E-state index in [2.05, 4.69) is 12.3 Å². The van der Waals surface area contributed by atoms with E-state index < -0.39 is 21.3 Å². The van der Waals surface area contributed by atoms with Gasteiger partial charge in [0.25, 0.3) is 10.1 Å². The molecule has 0 aliphatic heterocycles. The Morgan fingerprint density at radius 3 is 2.00 bits per heavy atom. The standard InChI is InChI=1S/C4H11NO3S.C3H5NO/c1-2-4(3-5)9(6,7)8;1-2-3(4)5/h4H,2-3,5H2,1H3,(H,6,7,8);2H,1H2,(H2,4,5). The average Bonchev–Trinajstić information content (AvgIpc) is 2.05. The molecule has 0 saturated heterocycles. The molecule has 0 aromatic rings. The Morgan fingerprint density at radius 2 is 2.00 bits per heavy atom. The van der Waals surface area contributed by atoms with Crippen molar-refractivity contribution in [2.45, 2.75) is 18.6 Å². The van der Waals surface area contributed by atoms with E-state index in [4.69, 9.17) is 10.3 Å². The lowest BCUT2D eigenvalue weighted by atomic mass is 10.3. The van der Waals surface area contributed by atoms with Gasteiger partial charge in [-0.15, -0.1) is 0 Å². The summed E-state index contributed by atoms with van der Waals surface area (Å²) < 4.78 is 28.9. The van der Waals surface area contributed by atoms with Crippen LogP contribution in [0.1, 0.15) is 13.3 Å². The Bertz CT molecular complexity index is 269. The third-order valence-electron chi connectivity index (χ3n) is 1.34. The molecule has 0 aromatic heterocycles. The smallest absolute Gasteiger partial charge is 0.269 e. The summed E-state index contributed by atoms with van der Waals surface area (Å²) in [5, 5.41) is -0.794. The molecule has 5 N–H and O–H groups in total. The molecule has 14 heavy (non-hydrogen) atoms. The molecule has 0 heterocycles. The summed E-state index contributed by atoms with van der Waals surface area (Å²) in [6, 6.07) is 0. The van der Waals surface area contributed by atoms with Crippen LogP contribution in [0.25, 0.3) is 0 Å². The highest BCUT2D eigenvalue weighted by atomic mass is 32.2. The second-order valence-electron chi connectivity index (χ2n) is 2.39. The third kappa shape index (κ3) is 9.17. The van der Waals surface area contributed by atoms with Crippen LogP contribution < -0.4 is 11.5 Å². The minimum Gasteiger partial charge on any atom is -0.366 e. The van der Waals surface area contributed by atoms with Crippen LogP contribution in [0.3, 0.4) is 0 Å². The lowest BCUT2D eigenvalue weighted by Crippen LogP contribution is -2.28. The molecule has 0 bridgehead atoms. The second-order valence-corrected chi connectivity index (χ2v) is 4.08. The maximum absolute atomic E-state index is 10.3. The minimum absolute atomic E-state index is 0.0185. The first-order chi connectivity index (χ1) is 6.29. The van der Waals surface area contributed by atoms with Crippen LogP contribution >= 0.6 is 0 Å². The van der Waals surface area contributed by atoms with Gasteiger partial charge in [0.15, 0.2) is 0 Å². The summed E-state index contributed by atoms with van der Waals surface area (Å²) in [6.45, 7) is 4.73. The predicted octanol–water partition coefficient (Wildman–Crippen LogP) is -0.731. The first-order valence-electron chi connectivity index (χ1n) is 3.87. The average molecular weight is 224 g/mol. The van der Waals surface area contributed by atoms with Gasteiger partial charge in [-0.05, 0) is 12.5 Å². The lowest BCUT2D eigenvalue weighted by molar-refractivity contribution is -0.113. The fourth-order valence-corrected chi connectivity index (χ4v) is 1.16. The molecular weight excluding hydrogens is 208 g/mol. The van der Waals surface area contributed by atoms with Crippen molar-refractivity contribution in [2.24, 2.45) is 11.5 Å². The summed E-state index contributed by atoms with van der Waals surface area (Å²) in [4.78, 5) is 9.47. The molecule has 0 aromatic carbocycles. The molecule has 1 amide bonds. The number of hydrogen-bond acceptors (Lipinski definition) is 4. The van der Waals surface area contributed by atoms with Gasteiger partial charge >= 0.3 is 0 Å². The third-order valence-corrected chi connectivity index (χ3v) is 2.71. The molecular formula is C7H16N2O4S. The number of nitrogens with two attached hydrogens (primary N) is 2. The minimum atomic E-state index is -3.89. The fraction of sp³-hybridized carbons (Fsp3) is 0.571. The van der Waals surface area contributed by atoms with Gasteiger partial charge in [0, 0.05) is 6.54 Å². The van der Waals surface area contributed by atoms with Crippen LogP contribution in [-0.2, 0) is 14.9 Å². The largest absolute Gasteiger partial charge is 0.366 e. The van der Waals surface area contributed by atoms with Crippen molar-refractivity contribution in [2.75, 3.05) is 6.54 Å². The van der Waals surface area contributed by atoms with E-state index in [0.717, 1.165) is 6.08 Å². The topological polar surface area (TPSA) is 123 Å². The molecule has 0 saturated carbocycles. The van der Waals surface area contributed by atoms with E-state index in [1.165, 1.54) is 0 Å². The monoisotopic (exact) mass is 224 g/mol. The maximum atomic E-state index is 10.3. The zero-order valence-electron chi connectivity index (χ0n) is 8.01. The number of amides is 1. The molecule has 1 unspecified atom stereocenters. The van der Waals surface area contributed by atoms with Crippen LogP contribution in [0.2, 0.25) is 0 Å². The molecule has 0 spiro atoms. The van der Waals surface area contributed by atoms with Gasteiger partial charge in [0.1, 0.15) is 0 Å². The molecule has 7 heteroatoms. The second kappa shape index (κ2) is 7.48. The Morgan fingerprint density at radius 1 is 1.64 bits per heavy atom. The van der Waals surface area contributed by atoms with Gasteiger partial charge in [0.05, 0.1) is 5.25 Å². The van der Waals surface area contributed by atoms with Gasteiger partial charge < -0.3 is 11.5 Å². The Labute approximate surface area is 83.7 Å². The van der Waals surface area contributed by atoms with Crippen molar-refractivity contribution in [1.29, 1.82) is 0 Å². The molecule has 6 nitrogen and oxygen atoms in total. The van der Waals surface area contributed by atoms with E-state index in [1.807, 2.05) is 0 Å². The Balaban J connectivity index is 0. The van der Waals surface area contributed by atoms with Gasteiger partial charge in [-0.3, -0.25) is 9.35 Å². The van der Waals surface area contributed by atoms with Crippen LogP contribution in [0.5, 0.6) is 0 Å². The Kier molecular flexibility index (Phi) is 8.31. The van der Waals surface area contributed by atoms with Gasteiger partial charge in [-0.25, -0.2) is 0 Å². The Hall–Kier alpha value is -0.920. The number of carbonyl (C=O) groups excluding carboxylic acids is 1. The molecule has 0 fully saturated rings. The molecule has 0 aliphatic rings. The quantitative estimate of drug-likeness (QED) is 0.429. The first-order valence-corrected chi connectivity index (χ1v) is 5.38. The summed E-state index contributed by atoms with van der Waals surface area (Å²) in [7, 11) is -3.89. The van der Waals surface area contributed by atoms with Crippen molar-refractivity contribution in [3.05, 3.63) is 12.7 Å². The van der Waals surface area contributed by atoms with E-state index >= 15 is 0 Å². The van der Waals surface area contributed by atoms with Crippen LogP contribution in [0.4, 0.5) is 0 Å². The first kappa shape index (κ1) is 15.5. The summed E-state index contributed by atoms with van der Waals surface area (Å²) in [5.41, 5.74) is 9.56. The zero-order valence-corrected chi connectivity index (χ0v) is 8.83. The normalized spacial score (nSPS) is 12.2. The summed E-state index contributed by atoms with van der Waals surface area (Å²) in [6.07, 6.45) is 1.41. The molecule has 0 radical (unpaired) electrons. The lowest BCUT2D eigenvalue weighted by Gasteiger charge is -2.05. The molecule has 1 atom stereocenters. The van der Waals surface area contributed by atoms with Crippen molar-refractivity contribution in [3.8, 4) is 0 Å². The number of carbonyl (C=O) groups is 1. The van der Waals surface area contributed by atoms with E-state index in [1.54, 1.807) is 6.92 Å². The zero-order chi connectivity index (χ0) is 11.8. The van der Waals surface area contributed by atoms with Crippen molar-refractivity contribution in [1.82, 2.24) is 0 Å². The van der Waals surface area contributed by atoms with Crippen molar-refractivity contribution in [3.63, 3.8) is 0 Å². The van der Waals surface area contributed by atoms with Gasteiger partial charge in [-0.2, -0.15) is 8.42 Å². The predicted molar refractivity (Wildman–Crippen MR) is 54.1 cm³/mol. The van der Waals surface area contributed by atoms with Crippen molar-refractivity contribution >= 4 is 16.0 Å². The van der Waals surface area contributed by atoms with Crippen LogP contribution in [-0.4, -0.2) is 30.7 Å². The molecule has 0 rings (SSSR count). The number of hydrogen-bond donors (Lipinski definition) is 3. The van der Waals surface area contributed by atoms with E-state index in [-0.39, 0.29) is 6.54 Å². The van der Waals surface area contributed by atoms with Crippen LogP contribution in [0, 0.1) is 0 Å². The highest BCUT2D eigenvalue weighted by Crippen LogP contribution is 1.99. The fourth-order valence-electron chi connectivity index (χ4n) is 0.499. The van der Waals surface area contributed by atoms with Crippen LogP contribution in [0.15, 0.2) is 12.7 Å². The molecule has 84 valence electrons. The van der Waals surface area contributed by atoms with E-state index in [9.17, 15) is 13.2 Å². The highest BCUT2D eigenvalue weighted by molar-refractivity contribution is 7.86. The summed E-state index contributed by atoms with van der Waals surface area (Å²) in [5.74, 6) is -0.481. The number of rotatable bonds is 4. The van der Waals surface area contributed by atoms with E-state index in [0.29, 0.717) is 6.42 Å². The maximum Gasteiger partial charge on any atom is 0.269 e. The highest BCUT2D eigenvalue weighted by Gasteiger charge is 2.17.